The second-order valence-corrected chi connectivity index (χ2v) is 6.47. The normalized spacial score (nSPS) is 13.1. The number of hydrogen-bond donors (Lipinski definition) is 2. The Morgan fingerprint density at radius 1 is 1.23 bits per heavy atom. The van der Waals surface area contributed by atoms with E-state index in [0.29, 0.717) is 12.2 Å². The van der Waals surface area contributed by atoms with Crippen LogP contribution in [-0.2, 0) is 9.59 Å². The van der Waals surface area contributed by atoms with Crippen molar-refractivity contribution in [3.05, 3.63) is 47.3 Å². The van der Waals surface area contributed by atoms with E-state index in [1.807, 2.05) is 50.6 Å². The summed E-state index contributed by atoms with van der Waals surface area (Å²) < 4.78 is 6.97. The number of carboxylic acid groups (broad SMARTS) is 1. The number of hydrogen-bond acceptors (Lipinski definition) is 4. The second-order valence-electron chi connectivity index (χ2n) is 6.47. The molecule has 0 spiro atoms. The maximum atomic E-state index is 12.3. The molecule has 26 heavy (non-hydrogen) atoms. The van der Waals surface area contributed by atoms with E-state index in [2.05, 4.69) is 10.4 Å². The topological polar surface area (TPSA) is 93.5 Å². The van der Waals surface area contributed by atoms with Gasteiger partial charge in [-0.1, -0.05) is 12.1 Å². The van der Waals surface area contributed by atoms with Crippen molar-refractivity contribution in [2.75, 3.05) is 6.61 Å². The van der Waals surface area contributed by atoms with Crippen LogP contribution in [0.25, 0.3) is 0 Å². The first kappa shape index (κ1) is 19.5. The van der Waals surface area contributed by atoms with Crippen LogP contribution in [0.15, 0.2) is 30.3 Å². The molecule has 0 saturated heterocycles. The van der Waals surface area contributed by atoms with Gasteiger partial charge in [-0.15, -0.1) is 0 Å². The molecule has 1 amide bonds. The molecule has 0 aliphatic rings. The van der Waals surface area contributed by atoms with Crippen molar-refractivity contribution in [3.8, 4) is 5.75 Å². The standard InChI is InChI=1S/C19H25N3O4/c1-12-9-13(2)22(21-12)14(3)10-18(23)20-15(4)16-5-7-17(8-6-16)26-11-19(24)25/h5-9,14-15H,10-11H2,1-4H3,(H,20,23)(H,24,25). The fraction of sp³-hybridized carbons (Fsp3) is 0.421. The minimum atomic E-state index is -1.02. The van der Waals surface area contributed by atoms with Crippen LogP contribution in [0, 0.1) is 13.8 Å². The van der Waals surface area contributed by atoms with Gasteiger partial charge in [0.1, 0.15) is 5.75 Å². The highest BCUT2D eigenvalue weighted by Gasteiger charge is 2.16. The lowest BCUT2D eigenvalue weighted by Gasteiger charge is -2.18. The predicted molar refractivity (Wildman–Crippen MR) is 97.2 cm³/mol. The molecule has 7 nitrogen and oxygen atoms in total. The van der Waals surface area contributed by atoms with Crippen LogP contribution in [0.2, 0.25) is 0 Å². The molecule has 0 aliphatic carbocycles. The van der Waals surface area contributed by atoms with Crippen LogP contribution in [0.3, 0.4) is 0 Å². The van der Waals surface area contributed by atoms with Crippen molar-refractivity contribution in [1.82, 2.24) is 15.1 Å². The third-order valence-corrected chi connectivity index (χ3v) is 4.06. The molecule has 0 fully saturated rings. The summed E-state index contributed by atoms with van der Waals surface area (Å²) in [6.07, 6.45) is 0.339. The molecule has 2 atom stereocenters. The molecule has 7 heteroatoms. The van der Waals surface area contributed by atoms with Crippen LogP contribution < -0.4 is 10.1 Å². The van der Waals surface area contributed by atoms with Crippen LogP contribution in [0.5, 0.6) is 5.75 Å². The molecular formula is C19H25N3O4. The minimum absolute atomic E-state index is 0.0253. The number of nitrogens with zero attached hydrogens (tertiary/aromatic N) is 2. The molecule has 2 rings (SSSR count). The number of benzene rings is 1. The lowest BCUT2D eigenvalue weighted by molar-refractivity contribution is -0.139. The van der Waals surface area contributed by atoms with Crippen molar-refractivity contribution < 1.29 is 19.4 Å². The Hall–Kier alpha value is -2.83. The van der Waals surface area contributed by atoms with Gasteiger partial charge in [-0.2, -0.15) is 5.10 Å². The maximum Gasteiger partial charge on any atom is 0.341 e. The molecule has 0 radical (unpaired) electrons. The molecule has 2 N–H and O–H groups in total. The van der Waals surface area contributed by atoms with Crippen molar-refractivity contribution in [1.29, 1.82) is 0 Å². The number of carbonyl (C=O) groups is 2. The van der Waals surface area contributed by atoms with Crippen LogP contribution in [-0.4, -0.2) is 33.4 Å². The summed E-state index contributed by atoms with van der Waals surface area (Å²) in [6.45, 7) is 7.40. The fourth-order valence-electron chi connectivity index (χ4n) is 2.83. The minimum Gasteiger partial charge on any atom is -0.482 e. The molecule has 140 valence electrons. The lowest BCUT2D eigenvalue weighted by Crippen LogP contribution is -2.29. The first-order valence-corrected chi connectivity index (χ1v) is 8.53. The van der Waals surface area contributed by atoms with Gasteiger partial charge < -0.3 is 15.2 Å². The Morgan fingerprint density at radius 3 is 2.42 bits per heavy atom. The van der Waals surface area contributed by atoms with Gasteiger partial charge in [-0.3, -0.25) is 9.48 Å². The van der Waals surface area contributed by atoms with Crippen LogP contribution in [0.4, 0.5) is 0 Å². The molecule has 2 aromatic rings. The Balaban J connectivity index is 1.90. The average Bonchev–Trinajstić information content (AvgIpc) is 2.91. The zero-order chi connectivity index (χ0) is 19.3. The summed E-state index contributed by atoms with van der Waals surface area (Å²) in [7, 11) is 0. The summed E-state index contributed by atoms with van der Waals surface area (Å²) in [5, 5.41) is 16.0. The number of aliphatic carboxylic acids is 1. The van der Waals surface area contributed by atoms with E-state index < -0.39 is 5.97 Å². The van der Waals surface area contributed by atoms with Gasteiger partial charge in [0.05, 0.1) is 17.8 Å². The van der Waals surface area contributed by atoms with E-state index in [1.54, 1.807) is 12.1 Å². The van der Waals surface area contributed by atoms with Crippen molar-refractivity contribution >= 4 is 11.9 Å². The molecule has 0 aliphatic heterocycles. The van der Waals surface area contributed by atoms with Crippen LogP contribution in [0.1, 0.15) is 49.3 Å². The largest absolute Gasteiger partial charge is 0.482 e. The summed E-state index contributed by atoms with van der Waals surface area (Å²) >= 11 is 0. The van der Waals surface area contributed by atoms with Gasteiger partial charge in [0, 0.05) is 12.1 Å². The third kappa shape index (κ3) is 5.34. The summed E-state index contributed by atoms with van der Waals surface area (Å²) in [6, 6.07) is 8.81. The Morgan fingerprint density at radius 2 is 1.88 bits per heavy atom. The van der Waals surface area contributed by atoms with Gasteiger partial charge in [-0.25, -0.2) is 4.79 Å². The average molecular weight is 359 g/mol. The lowest BCUT2D eigenvalue weighted by atomic mass is 10.1. The van der Waals surface area contributed by atoms with Crippen molar-refractivity contribution in [3.63, 3.8) is 0 Å². The smallest absolute Gasteiger partial charge is 0.341 e. The van der Waals surface area contributed by atoms with E-state index >= 15 is 0 Å². The molecule has 2 unspecified atom stereocenters. The second kappa shape index (κ2) is 8.51. The zero-order valence-electron chi connectivity index (χ0n) is 15.5. The van der Waals surface area contributed by atoms with E-state index in [9.17, 15) is 9.59 Å². The molecule has 1 aromatic heterocycles. The molecule has 1 aromatic carbocycles. The monoisotopic (exact) mass is 359 g/mol. The zero-order valence-corrected chi connectivity index (χ0v) is 15.5. The van der Waals surface area contributed by atoms with E-state index in [1.165, 1.54) is 0 Å². The van der Waals surface area contributed by atoms with Gasteiger partial charge in [0.15, 0.2) is 6.61 Å². The number of carbonyl (C=O) groups excluding carboxylic acids is 1. The maximum absolute atomic E-state index is 12.3. The Bertz CT molecular complexity index is 768. The first-order chi connectivity index (χ1) is 12.3. The number of rotatable bonds is 8. The van der Waals surface area contributed by atoms with E-state index in [4.69, 9.17) is 9.84 Å². The number of amides is 1. The molecular weight excluding hydrogens is 334 g/mol. The number of aromatic nitrogens is 2. The number of ether oxygens (including phenoxy) is 1. The number of nitrogens with one attached hydrogen (secondary N) is 1. The fourth-order valence-corrected chi connectivity index (χ4v) is 2.83. The SMILES string of the molecule is Cc1cc(C)n(C(C)CC(=O)NC(C)c2ccc(OCC(=O)O)cc2)n1. The quantitative estimate of drug-likeness (QED) is 0.756. The Labute approximate surface area is 153 Å². The predicted octanol–water partition coefficient (Wildman–Crippen LogP) is 2.79. The first-order valence-electron chi connectivity index (χ1n) is 8.53. The van der Waals surface area contributed by atoms with Gasteiger partial charge in [0.2, 0.25) is 5.91 Å². The highest BCUT2D eigenvalue weighted by atomic mass is 16.5. The third-order valence-electron chi connectivity index (χ3n) is 4.06. The van der Waals surface area contributed by atoms with Gasteiger partial charge in [-0.05, 0) is 51.5 Å². The number of aryl methyl sites for hydroxylation is 2. The molecule has 0 saturated carbocycles. The van der Waals surface area contributed by atoms with E-state index in [-0.39, 0.29) is 24.6 Å². The summed E-state index contributed by atoms with van der Waals surface area (Å²) in [4.78, 5) is 22.8. The molecule has 0 bridgehead atoms. The Kier molecular flexibility index (Phi) is 6.38. The van der Waals surface area contributed by atoms with Gasteiger partial charge in [0.25, 0.3) is 0 Å². The highest BCUT2D eigenvalue weighted by molar-refractivity contribution is 5.76. The number of carboxylic acids is 1. The van der Waals surface area contributed by atoms with Crippen molar-refractivity contribution in [2.45, 2.75) is 46.2 Å². The van der Waals surface area contributed by atoms with Crippen LogP contribution >= 0.6 is 0 Å². The highest BCUT2D eigenvalue weighted by Crippen LogP contribution is 2.19. The van der Waals surface area contributed by atoms with Gasteiger partial charge >= 0.3 is 5.97 Å². The summed E-state index contributed by atoms with van der Waals surface area (Å²) in [5.74, 6) is -0.594. The van der Waals surface area contributed by atoms with Crippen molar-refractivity contribution in [2.24, 2.45) is 0 Å². The summed E-state index contributed by atoms with van der Waals surface area (Å²) in [5.41, 5.74) is 2.89. The molecule has 1 heterocycles. The van der Waals surface area contributed by atoms with E-state index in [0.717, 1.165) is 17.0 Å².